The molecule has 0 spiro atoms. The van der Waals surface area contributed by atoms with Crippen LogP contribution in [0.1, 0.15) is 22.4 Å². The Balaban J connectivity index is 1.48. The molecule has 4 rings (SSSR count). The zero-order valence-electron chi connectivity index (χ0n) is 16.5. The Morgan fingerprint density at radius 3 is 2.18 bits per heavy atom. The summed E-state index contributed by atoms with van der Waals surface area (Å²) < 4.78 is 0. The van der Waals surface area contributed by atoms with E-state index >= 15 is 0 Å². The summed E-state index contributed by atoms with van der Waals surface area (Å²) >= 11 is 0. The fourth-order valence-electron chi connectivity index (χ4n) is 3.68. The zero-order chi connectivity index (χ0) is 19.5. The molecule has 0 unspecified atom stereocenters. The minimum Gasteiger partial charge on any atom is -0.368 e. The second-order valence-electron chi connectivity index (χ2n) is 7.43. The third-order valence-electron chi connectivity index (χ3n) is 5.41. The van der Waals surface area contributed by atoms with E-state index < -0.39 is 0 Å². The number of aromatic amines is 1. The monoisotopic (exact) mass is 374 g/mol. The van der Waals surface area contributed by atoms with Gasteiger partial charge < -0.3 is 9.80 Å². The number of aromatic nitrogens is 2. The second kappa shape index (κ2) is 7.89. The molecule has 2 heterocycles. The Hall–Kier alpha value is -3.08. The van der Waals surface area contributed by atoms with Crippen molar-refractivity contribution < 1.29 is 0 Å². The maximum absolute atomic E-state index is 12.7. The summed E-state index contributed by atoms with van der Waals surface area (Å²) in [6.45, 7) is 7.51. The minimum absolute atomic E-state index is 0.0337. The van der Waals surface area contributed by atoms with E-state index in [1.54, 1.807) is 0 Å². The van der Waals surface area contributed by atoms with E-state index in [1.165, 1.54) is 11.3 Å². The van der Waals surface area contributed by atoms with Gasteiger partial charge in [0, 0.05) is 43.9 Å². The minimum atomic E-state index is -0.0337. The summed E-state index contributed by atoms with van der Waals surface area (Å²) in [6, 6.07) is 18.7. The molecule has 0 saturated carbocycles. The van der Waals surface area contributed by atoms with Gasteiger partial charge in [-0.15, -0.1) is 0 Å². The Morgan fingerprint density at radius 1 is 0.893 bits per heavy atom. The summed E-state index contributed by atoms with van der Waals surface area (Å²) in [5.41, 5.74) is 5.12. The van der Waals surface area contributed by atoms with Crippen molar-refractivity contribution in [3.8, 4) is 0 Å². The first kappa shape index (κ1) is 18.3. The van der Waals surface area contributed by atoms with Gasteiger partial charge >= 0.3 is 0 Å². The number of anilines is 2. The summed E-state index contributed by atoms with van der Waals surface area (Å²) in [5, 5.41) is 0. The van der Waals surface area contributed by atoms with Crippen molar-refractivity contribution in [2.45, 2.75) is 20.3 Å². The number of piperazine rings is 1. The molecule has 0 bridgehead atoms. The lowest BCUT2D eigenvalue weighted by Gasteiger charge is -2.36. The van der Waals surface area contributed by atoms with Crippen molar-refractivity contribution in [1.29, 1.82) is 0 Å². The lowest BCUT2D eigenvalue weighted by molar-refractivity contribution is 0.637. The van der Waals surface area contributed by atoms with Crippen LogP contribution in [0.15, 0.2) is 59.4 Å². The maximum atomic E-state index is 12.7. The van der Waals surface area contributed by atoms with E-state index in [9.17, 15) is 4.79 Å². The molecule has 1 aliphatic rings. The Morgan fingerprint density at radius 2 is 1.54 bits per heavy atom. The van der Waals surface area contributed by atoms with Crippen LogP contribution < -0.4 is 15.4 Å². The predicted molar refractivity (Wildman–Crippen MR) is 114 cm³/mol. The molecule has 1 fully saturated rings. The Labute approximate surface area is 165 Å². The number of hydrogen-bond acceptors (Lipinski definition) is 4. The first-order valence-electron chi connectivity index (χ1n) is 9.80. The van der Waals surface area contributed by atoms with Gasteiger partial charge in [0.05, 0.1) is 5.69 Å². The molecule has 0 atom stereocenters. The molecule has 0 amide bonds. The van der Waals surface area contributed by atoms with E-state index in [4.69, 9.17) is 4.98 Å². The molecular formula is C23H26N4O. The lowest BCUT2D eigenvalue weighted by atomic mass is 10.0. The van der Waals surface area contributed by atoms with Crippen molar-refractivity contribution in [3.05, 3.63) is 87.3 Å². The van der Waals surface area contributed by atoms with Crippen LogP contribution in [-0.2, 0) is 6.42 Å². The number of nitrogens with one attached hydrogen (secondary N) is 1. The highest BCUT2D eigenvalue weighted by atomic mass is 16.1. The molecular weight excluding hydrogens is 348 g/mol. The third kappa shape index (κ3) is 3.93. The second-order valence-corrected chi connectivity index (χ2v) is 7.43. The quantitative estimate of drug-likeness (QED) is 0.761. The third-order valence-corrected chi connectivity index (χ3v) is 5.41. The van der Waals surface area contributed by atoms with Gasteiger partial charge in [0.2, 0.25) is 5.95 Å². The molecule has 0 aliphatic carbocycles. The normalized spacial score (nSPS) is 14.4. The molecule has 5 nitrogen and oxygen atoms in total. The molecule has 1 N–H and O–H groups in total. The van der Waals surface area contributed by atoms with Crippen LogP contribution in [0.25, 0.3) is 0 Å². The first-order valence-corrected chi connectivity index (χ1v) is 9.80. The van der Waals surface area contributed by atoms with Gasteiger partial charge in [0.25, 0.3) is 5.56 Å². The fraction of sp³-hybridized carbons (Fsp3) is 0.304. The molecule has 1 aliphatic heterocycles. The molecule has 0 radical (unpaired) electrons. The van der Waals surface area contributed by atoms with Gasteiger partial charge in [-0.1, -0.05) is 48.0 Å². The van der Waals surface area contributed by atoms with E-state index in [1.807, 2.05) is 13.0 Å². The molecule has 1 aromatic heterocycles. The van der Waals surface area contributed by atoms with Crippen molar-refractivity contribution in [3.63, 3.8) is 0 Å². The first-order chi connectivity index (χ1) is 13.6. The Kier molecular flexibility index (Phi) is 5.15. The number of hydrogen-bond donors (Lipinski definition) is 1. The standard InChI is InChI=1S/C23H26N4O/c1-17-8-10-19(11-9-17)16-21-18(2)24-23(25-22(21)28)27-14-12-26(13-15-27)20-6-4-3-5-7-20/h3-11H,12-16H2,1-2H3,(H,24,25,28). The molecule has 144 valence electrons. The number of H-pyrrole nitrogens is 1. The maximum Gasteiger partial charge on any atom is 0.256 e. The van der Waals surface area contributed by atoms with Crippen LogP contribution >= 0.6 is 0 Å². The average Bonchev–Trinajstić information content (AvgIpc) is 2.73. The van der Waals surface area contributed by atoms with Crippen LogP contribution in [0.2, 0.25) is 0 Å². The van der Waals surface area contributed by atoms with E-state index in [2.05, 4.69) is 70.2 Å². The van der Waals surface area contributed by atoms with Gasteiger partial charge in [-0.25, -0.2) is 4.98 Å². The van der Waals surface area contributed by atoms with Gasteiger partial charge in [-0.05, 0) is 31.5 Å². The van der Waals surface area contributed by atoms with Crippen LogP contribution in [0.3, 0.4) is 0 Å². The van der Waals surface area contributed by atoms with Gasteiger partial charge in [-0.2, -0.15) is 0 Å². The number of para-hydroxylation sites is 1. The summed E-state index contributed by atoms with van der Waals surface area (Å²) in [5.74, 6) is 0.683. The van der Waals surface area contributed by atoms with Crippen LogP contribution in [-0.4, -0.2) is 36.1 Å². The van der Waals surface area contributed by atoms with E-state index in [0.717, 1.165) is 43.0 Å². The van der Waals surface area contributed by atoms with Crippen LogP contribution in [0, 0.1) is 13.8 Å². The van der Waals surface area contributed by atoms with Crippen molar-refractivity contribution >= 4 is 11.6 Å². The number of rotatable bonds is 4. The topological polar surface area (TPSA) is 52.2 Å². The van der Waals surface area contributed by atoms with Gasteiger partial charge in [0.1, 0.15) is 0 Å². The summed E-state index contributed by atoms with van der Waals surface area (Å²) in [4.78, 5) is 25.0. The number of aryl methyl sites for hydroxylation is 2. The van der Waals surface area contributed by atoms with Crippen molar-refractivity contribution in [1.82, 2.24) is 9.97 Å². The summed E-state index contributed by atoms with van der Waals surface area (Å²) in [6.07, 6.45) is 0.608. The summed E-state index contributed by atoms with van der Waals surface area (Å²) in [7, 11) is 0. The Bertz CT molecular complexity index is 987. The van der Waals surface area contributed by atoms with E-state index in [0.29, 0.717) is 12.4 Å². The van der Waals surface area contributed by atoms with E-state index in [-0.39, 0.29) is 5.56 Å². The van der Waals surface area contributed by atoms with Crippen LogP contribution in [0.5, 0.6) is 0 Å². The fourth-order valence-corrected chi connectivity index (χ4v) is 3.68. The lowest BCUT2D eigenvalue weighted by Crippen LogP contribution is -2.47. The molecule has 3 aromatic rings. The SMILES string of the molecule is Cc1ccc(Cc2c(C)nc(N3CCN(c4ccccc4)CC3)[nH]c2=O)cc1. The highest BCUT2D eigenvalue weighted by Gasteiger charge is 2.20. The highest BCUT2D eigenvalue weighted by Crippen LogP contribution is 2.18. The van der Waals surface area contributed by atoms with Gasteiger partial charge in [0.15, 0.2) is 0 Å². The molecule has 5 heteroatoms. The largest absolute Gasteiger partial charge is 0.368 e. The molecule has 2 aromatic carbocycles. The van der Waals surface area contributed by atoms with Gasteiger partial charge in [-0.3, -0.25) is 9.78 Å². The highest BCUT2D eigenvalue weighted by molar-refractivity contribution is 5.48. The van der Waals surface area contributed by atoms with Crippen molar-refractivity contribution in [2.24, 2.45) is 0 Å². The number of benzene rings is 2. The average molecular weight is 374 g/mol. The number of nitrogens with zero attached hydrogens (tertiary/aromatic N) is 3. The molecule has 1 saturated heterocycles. The van der Waals surface area contributed by atoms with Crippen LogP contribution in [0.4, 0.5) is 11.6 Å². The van der Waals surface area contributed by atoms with Crippen molar-refractivity contribution in [2.75, 3.05) is 36.0 Å². The zero-order valence-corrected chi connectivity index (χ0v) is 16.5. The smallest absolute Gasteiger partial charge is 0.256 e. The molecule has 28 heavy (non-hydrogen) atoms. The predicted octanol–water partition coefficient (Wildman–Crippen LogP) is 3.30.